The van der Waals surface area contributed by atoms with Gasteiger partial charge in [-0.25, -0.2) is 24.4 Å². The first-order chi connectivity index (χ1) is 21.6. The largest absolute Gasteiger partial charge is 0.490 e. The lowest BCUT2D eigenvalue weighted by atomic mass is 9.82. The van der Waals surface area contributed by atoms with E-state index in [4.69, 9.17) is 34.4 Å². The molecule has 264 valence electrons. The van der Waals surface area contributed by atoms with Gasteiger partial charge in [-0.2, -0.15) is 39.5 Å². The van der Waals surface area contributed by atoms with Crippen molar-refractivity contribution in [1.82, 2.24) is 19.9 Å². The summed E-state index contributed by atoms with van der Waals surface area (Å²) < 4.78 is 101. The molecular weight excluding hydrogens is 665 g/mol. The predicted octanol–water partition coefficient (Wildman–Crippen LogP) is 4.71. The maximum absolute atomic E-state index is 10.6. The van der Waals surface area contributed by atoms with Gasteiger partial charge in [0.15, 0.2) is 0 Å². The molecule has 0 amide bonds. The van der Waals surface area contributed by atoms with Crippen LogP contribution in [0.1, 0.15) is 36.9 Å². The van der Waals surface area contributed by atoms with Crippen LogP contribution in [-0.4, -0.2) is 103 Å². The molecule has 2 fully saturated rings. The number of aliphatic carboxylic acids is 3. The summed E-state index contributed by atoms with van der Waals surface area (Å²) in [5, 5.41) is 24.9. The first-order valence-electron chi connectivity index (χ1n) is 13.3. The van der Waals surface area contributed by atoms with Gasteiger partial charge in [0.1, 0.15) is 0 Å². The summed E-state index contributed by atoms with van der Waals surface area (Å²) in [5.74, 6) is -7.55. The van der Waals surface area contributed by atoms with Gasteiger partial charge in [0.25, 0.3) is 0 Å². The molecule has 21 heteroatoms. The molecule has 1 unspecified atom stereocenters. The number of anilines is 1. The second-order valence-corrected chi connectivity index (χ2v) is 9.89. The number of nitrogens with zero attached hydrogens (tertiary/aromatic N) is 4. The SMILES string of the molecule is Cc1cccnc1CN1CCC2(CC1)CC(Nc1ncccn1)CCO2.O=C(O)C(F)(F)F.O=C(O)C(F)(F)F.O=C(O)C(F)(F)F. The van der Waals surface area contributed by atoms with Gasteiger partial charge in [-0.15, -0.1) is 0 Å². The number of pyridine rings is 1. The maximum atomic E-state index is 10.6. The molecule has 47 heavy (non-hydrogen) atoms. The van der Waals surface area contributed by atoms with Crippen LogP contribution in [0.2, 0.25) is 0 Å². The Kier molecular flexibility index (Phi) is 15.3. The van der Waals surface area contributed by atoms with Crippen molar-refractivity contribution < 1.29 is 74.0 Å². The number of ether oxygens (including phenoxy) is 1. The highest BCUT2D eigenvalue weighted by Gasteiger charge is 2.41. The van der Waals surface area contributed by atoms with E-state index >= 15 is 0 Å². The van der Waals surface area contributed by atoms with Crippen LogP contribution in [0.4, 0.5) is 45.5 Å². The first kappa shape index (κ1) is 40.8. The minimum absolute atomic E-state index is 0.000355. The number of hydrogen-bond acceptors (Lipinski definition) is 9. The van der Waals surface area contributed by atoms with Crippen molar-refractivity contribution in [2.45, 2.75) is 69.3 Å². The van der Waals surface area contributed by atoms with Crippen molar-refractivity contribution in [2.75, 3.05) is 25.0 Å². The fourth-order valence-electron chi connectivity index (χ4n) is 4.07. The summed E-state index contributed by atoms with van der Waals surface area (Å²) in [6.07, 6.45) is -5.61. The Morgan fingerprint density at radius 1 is 0.851 bits per heavy atom. The van der Waals surface area contributed by atoms with Crippen molar-refractivity contribution >= 4 is 23.9 Å². The summed E-state index contributed by atoms with van der Waals surface area (Å²) in [4.78, 5) is 42.3. The van der Waals surface area contributed by atoms with Crippen LogP contribution in [0, 0.1) is 6.92 Å². The third-order valence-electron chi connectivity index (χ3n) is 6.38. The van der Waals surface area contributed by atoms with Gasteiger partial charge >= 0.3 is 36.4 Å². The number of carbonyl (C=O) groups is 3. The fourth-order valence-corrected chi connectivity index (χ4v) is 4.07. The molecule has 2 aromatic rings. The molecule has 4 heterocycles. The number of rotatable bonds is 4. The Bertz CT molecular complexity index is 1230. The Hall–Kier alpha value is -4.27. The zero-order valence-corrected chi connectivity index (χ0v) is 24.4. The van der Waals surface area contributed by atoms with Crippen LogP contribution in [0.3, 0.4) is 0 Å². The number of hydrogen-bond donors (Lipinski definition) is 4. The predicted molar refractivity (Wildman–Crippen MR) is 142 cm³/mol. The van der Waals surface area contributed by atoms with E-state index in [9.17, 15) is 39.5 Å². The molecule has 0 bridgehead atoms. The van der Waals surface area contributed by atoms with E-state index in [-0.39, 0.29) is 5.60 Å². The van der Waals surface area contributed by atoms with Crippen LogP contribution in [0.5, 0.6) is 0 Å². The average molecular weight is 696 g/mol. The van der Waals surface area contributed by atoms with Crippen LogP contribution in [0.15, 0.2) is 36.8 Å². The fraction of sp³-hybridized carbons (Fsp3) is 0.538. The van der Waals surface area contributed by atoms with Gasteiger partial charge in [0.2, 0.25) is 5.95 Å². The van der Waals surface area contributed by atoms with Crippen molar-refractivity contribution in [1.29, 1.82) is 0 Å². The number of carboxylic acids is 3. The summed E-state index contributed by atoms with van der Waals surface area (Å²) in [5.41, 5.74) is 2.46. The number of likely N-dealkylation sites (tertiary alicyclic amines) is 1. The molecule has 4 N–H and O–H groups in total. The van der Waals surface area contributed by atoms with Gasteiger partial charge in [0, 0.05) is 50.9 Å². The van der Waals surface area contributed by atoms with Gasteiger partial charge in [-0.1, -0.05) is 6.07 Å². The summed E-state index contributed by atoms with van der Waals surface area (Å²) in [6.45, 7) is 6.00. The minimum Gasteiger partial charge on any atom is -0.475 e. The van der Waals surface area contributed by atoms with E-state index in [1.165, 1.54) is 11.3 Å². The molecule has 1 atom stereocenters. The highest BCUT2D eigenvalue weighted by molar-refractivity contribution is 5.73. The summed E-state index contributed by atoms with van der Waals surface area (Å²) in [6, 6.07) is 6.37. The van der Waals surface area contributed by atoms with Crippen molar-refractivity contribution in [2.24, 2.45) is 0 Å². The highest BCUT2D eigenvalue weighted by atomic mass is 19.4. The molecule has 0 aromatic carbocycles. The van der Waals surface area contributed by atoms with E-state index < -0.39 is 36.4 Å². The number of nitrogens with one attached hydrogen (secondary N) is 1. The molecule has 4 rings (SSSR count). The molecule has 0 radical (unpaired) electrons. The number of halogens is 9. The van der Waals surface area contributed by atoms with Crippen LogP contribution in [-0.2, 0) is 25.7 Å². The quantitative estimate of drug-likeness (QED) is 0.325. The van der Waals surface area contributed by atoms with Crippen LogP contribution in [0.25, 0.3) is 0 Å². The number of alkyl halides is 9. The topological polar surface area (TPSA) is 175 Å². The molecule has 1 spiro atoms. The van der Waals surface area contributed by atoms with E-state index in [0.717, 1.165) is 57.9 Å². The average Bonchev–Trinajstić information content (AvgIpc) is 2.96. The lowest BCUT2D eigenvalue weighted by molar-refractivity contribution is -0.193. The van der Waals surface area contributed by atoms with Gasteiger partial charge in [-0.05, 0) is 50.3 Å². The Morgan fingerprint density at radius 2 is 1.30 bits per heavy atom. The molecule has 0 aliphatic carbocycles. The molecule has 2 saturated heterocycles. The van der Waals surface area contributed by atoms with Crippen LogP contribution < -0.4 is 5.32 Å². The van der Waals surface area contributed by atoms with Crippen molar-refractivity contribution in [3.05, 3.63) is 48.0 Å². The molecule has 12 nitrogen and oxygen atoms in total. The third-order valence-corrected chi connectivity index (χ3v) is 6.38. The Balaban J connectivity index is 0.000000430. The minimum atomic E-state index is -5.08. The molecule has 0 saturated carbocycles. The monoisotopic (exact) mass is 695 g/mol. The lowest BCUT2D eigenvalue weighted by Gasteiger charge is -2.46. The molecule has 2 aliphatic rings. The van der Waals surface area contributed by atoms with E-state index in [1.54, 1.807) is 12.4 Å². The lowest BCUT2D eigenvalue weighted by Crippen LogP contribution is -2.51. The molecular formula is C26H30F9N5O7. The van der Waals surface area contributed by atoms with E-state index in [2.05, 4.69) is 38.2 Å². The van der Waals surface area contributed by atoms with Crippen molar-refractivity contribution in [3.63, 3.8) is 0 Å². The number of aryl methyl sites for hydroxylation is 1. The van der Waals surface area contributed by atoms with E-state index in [0.29, 0.717) is 6.04 Å². The zero-order valence-electron chi connectivity index (χ0n) is 24.4. The van der Waals surface area contributed by atoms with E-state index in [1.807, 2.05) is 18.3 Å². The second-order valence-electron chi connectivity index (χ2n) is 9.89. The van der Waals surface area contributed by atoms with Crippen molar-refractivity contribution in [3.8, 4) is 0 Å². The third kappa shape index (κ3) is 15.7. The number of piperidine rings is 1. The normalized spacial score (nSPS) is 17.8. The second kappa shape index (κ2) is 17.6. The Morgan fingerprint density at radius 3 is 1.72 bits per heavy atom. The first-order valence-corrected chi connectivity index (χ1v) is 13.3. The highest BCUT2D eigenvalue weighted by Crippen LogP contribution is 2.36. The smallest absolute Gasteiger partial charge is 0.475 e. The standard InChI is InChI=1S/C20H27N5O.3C2HF3O2/c1-16-4-2-8-21-18(16)15-25-11-6-20(7-12-25)14-17(5-13-26-20)24-19-22-9-3-10-23-19;3*3-2(4,5)1(6)7/h2-4,8-10,17H,5-7,11-15H2,1H3,(H,22,23,24);3*(H,6,7). The summed E-state index contributed by atoms with van der Waals surface area (Å²) >= 11 is 0. The number of carboxylic acid groups (broad SMARTS) is 3. The molecule has 2 aliphatic heterocycles. The van der Waals surface area contributed by atoms with Gasteiger partial charge in [-0.3, -0.25) is 9.88 Å². The van der Waals surface area contributed by atoms with Crippen LogP contribution >= 0.6 is 0 Å². The van der Waals surface area contributed by atoms with Gasteiger partial charge < -0.3 is 25.4 Å². The Labute approximate surface area is 260 Å². The number of aromatic nitrogens is 3. The molecule has 2 aromatic heterocycles. The zero-order chi connectivity index (χ0) is 36.1. The van der Waals surface area contributed by atoms with Gasteiger partial charge in [0.05, 0.1) is 11.3 Å². The summed E-state index contributed by atoms with van der Waals surface area (Å²) in [7, 11) is 0. The maximum Gasteiger partial charge on any atom is 0.490 e.